The molecule has 30 heavy (non-hydrogen) atoms. The van der Waals surface area contributed by atoms with Gasteiger partial charge >= 0.3 is 0 Å². The molecule has 0 amide bonds. The van der Waals surface area contributed by atoms with Crippen LogP contribution in [0.15, 0.2) is 35.5 Å². The van der Waals surface area contributed by atoms with Gasteiger partial charge in [-0.1, -0.05) is 53.4 Å². The summed E-state index contributed by atoms with van der Waals surface area (Å²) in [6.07, 6.45) is 2.44. The van der Waals surface area contributed by atoms with E-state index in [0.29, 0.717) is 16.6 Å². The Bertz CT molecular complexity index is 974. The summed E-state index contributed by atoms with van der Waals surface area (Å²) in [6.45, 7) is 5.45. The number of rotatable bonds is 9. The Balaban J connectivity index is 1.58. The number of nitrogens with one attached hydrogen (secondary N) is 2. The van der Waals surface area contributed by atoms with E-state index in [-0.39, 0.29) is 12.7 Å². The van der Waals surface area contributed by atoms with Crippen molar-refractivity contribution in [3.63, 3.8) is 0 Å². The third kappa shape index (κ3) is 5.40. The molecule has 0 radical (unpaired) electrons. The van der Waals surface area contributed by atoms with Crippen LogP contribution in [0.25, 0.3) is 10.3 Å². The van der Waals surface area contributed by atoms with Gasteiger partial charge in [-0.25, -0.2) is 9.97 Å². The molecule has 3 N–H and O–H groups in total. The topological polar surface area (TPSA) is 92.2 Å². The molecule has 0 aliphatic carbocycles. The van der Waals surface area contributed by atoms with E-state index in [1.807, 2.05) is 32.0 Å². The summed E-state index contributed by atoms with van der Waals surface area (Å²) in [5.41, 5.74) is 1.38. The molecule has 1 aliphatic heterocycles. The molecule has 4 rings (SSSR count). The Labute approximate surface area is 184 Å². The second-order valence-corrected chi connectivity index (χ2v) is 9.93. The van der Waals surface area contributed by atoms with E-state index in [9.17, 15) is 5.11 Å². The third-order valence-electron chi connectivity index (χ3n) is 4.80. The van der Waals surface area contributed by atoms with Crippen LogP contribution in [0.4, 0.5) is 10.9 Å². The van der Waals surface area contributed by atoms with Crippen LogP contribution in [0.3, 0.4) is 0 Å². The third-order valence-corrected chi connectivity index (χ3v) is 6.73. The van der Waals surface area contributed by atoms with Crippen molar-refractivity contribution in [3.8, 4) is 0 Å². The minimum atomic E-state index is -0.502. The van der Waals surface area contributed by atoms with Crippen molar-refractivity contribution in [2.75, 3.05) is 30.4 Å². The van der Waals surface area contributed by atoms with Crippen LogP contribution in [0.1, 0.15) is 32.3 Å². The molecular formula is C21H27N5O2S2. The summed E-state index contributed by atoms with van der Waals surface area (Å²) < 4.78 is 6.57. The van der Waals surface area contributed by atoms with E-state index in [0.717, 1.165) is 41.6 Å². The lowest BCUT2D eigenvalue weighted by Crippen LogP contribution is -2.35. The summed E-state index contributed by atoms with van der Waals surface area (Å²) in [6, 6.07) is 10.3. The van der Waals surface area contributed by atoms with Crippen molar-refractivity contribution in [2.45, 2.75) is 49.2 Å². The number of nitrogens with zero attached hydrogens (tertiary/aromatic N) is 3. The van der Waals surface area contributed by atoms with Gasteiger partial charge in [0, 0.05) is 18.9 Å². The number of hydrogen-bond donors (Lipinski definition) is 3. The van der Waals surface area contributed by atoms with Crippen LogP contribution in [-0.4, -0.2) is 51.5 Å². The van der Waals surface area contributed by atoms with Crippen molar-refractivity contribution in [1.82, 2.24) is 15.0 Å². The average molecular weight is 446 g/mol. The highest BCUT2D eigenvalue weighted by Crippen LogP contribution is 2.34. The molecule has 1 saturated heterocycles. The van der Waals surface area contributed by atoms with Gasteiger partial charge in [-0.15, -0.1) is 0 Å². The molecular weight excluding hydrogens is 418 g/mol. The Kier molecular flexibility index (Phi) is 6.72. The van der Waals surface area contributed by atoms with E-state index in [1.165, 1.54) is 16.9 Å². The first-order valence-corrected chi connectivity index (χ1v) is 11.9. The predicted octanol–water partition coefficient (Wildman–Crippen LogP) is 4.15. The van der Waals surface area contributed by atoms with Crippen molar-refractivity contribution in [2.24, 2.45) is 0 Å². The summed E-state index contributed by atoms with van der Waals surface area (Å²) >= 11 is 3.10. The Morgan fingerprint density at radius 1 is 1.23 bits per heavy atom. The number of aliphatic hydroxyl groups is 1. The van der Waals surface area contributed by atoms with Crippen molar-refractivity contribution < 1.29 is 9.84 Å². The largest absolute Gasteiger partial charge is 0.394 e. The first-order chi connectivity index (χ1) is 14.5. The number of aromatic nitrogens is 3. The van der Waals surface area contributed by atoms with E-state index in [2.05, 4.69) is 27.8 Å². The highest BCUT2D eigenvalue weighted by molar-refractivity contribution is 7.98. The molecule has 0 bridgehead atoms. The number of ether oxygens (including phenoxy) is 1. The Morgan fingerprint density at radius 3 is 2.80 bits per heavy atom. The minimum Gasteiger partial charge on any atom is -0.394 e. The maximum absolute atomic E-state index is 9.71. The van der Waals surface area contributed by atoms with Gasteiger partial charge in [-0.2, -0.15) is 4.98 Å². The predicted molar refractivity (Wildman–Crippen MR) is 123 cm³/mol. The molecule has 160 valence electrons. The van der Waals surface area contributed by atoms with Crippen LogP contribution in [0, 0.1) is 0 Å². The smallest absolute Gasteiger partial charge is 0.191 e. The molecule has 1 aromatic carbocycles. The standard InChI is InChI=1S/C21H27N5O2S2/c1-21(2,13-27)26-18-16-17(23-19(30-16)22-11-15-9-6-10-28-15)24-20(25-18)29-12-14-7-4-3-5-8-14/h3-5,7-8,15,27H,6,9-13H2,1-2H3,(H2,22,23,24,25,26). The van der Waals surface area contributed by atoms with E-state index >= 15 is 0 Å². The maximum Gasteiger partial charge on any atom is 0.191 e. The van der Waals surface area contributed by atoms with Crippen LogP contribution < -0.4 is 10.6 Å². The number of aliphatic hydroxyl groups excluding tert-OH is 1. The number of hydrogen-bond acceptors (Lipinski definition) is 9. The van der Waals surface area contributed by atoms with Gasteiger partial charge < -0.3 is 20.5 Å². The fourth-order valence-corrected chi connectivity index (χ4v) is 4.77. The molecule has 1 unspecified atom stereocenters. The van der Waals surface area contributed by atoms with Gasteiger partial charge in [-0.05, 0) is 32.3 Å². The van der Waals surface area contributed by atoms with Crippen LogP contribution in [0.5, 0.6) is 0 Å². The zero-order valence-electron chi connectivity index (χ0n) is 17.2. The van der Waals surface area contributed by atoms with Gasteiger partial charge in [0.1, 0.15) is 4.70 Å². The van der Waals surface area contributed by atoms with E-state index in [4.69, 9.17) is 14.7 Å². The number of anilines is 2. The summed E-state index contributed by atoms with van der Waals surface area (Å²) in [4.78, 5) is 14.1. The van der Waals surface area contributed by atoms with Crippen molar-refractivity contribution in [3.05, 3.63) is 35.9 Å². The molecule has 1 fully saturated rings. The van der Waals surface area contributed by atoms with E-state index in [1.54, 1.807) is 11.8 Å². The molecule has 2 aromatic heterocycles. The summed E-state index contributed by atoms with van der Waals surface area (Å²) in [5, 5.41) is 17.9. The number of thioether (sulfide) groups is 1. The number of benzene rings is 1. The fraction of sp³-hybridized carbons (Fsp3) is 0.476. The summed E-state index contributed by atoms with van der Waals surface area (Å²) in [5.74, 6) is 1.49. The zero-order valence-corrected chi connectivity index (χ0v) is 18.9. The second kappa shape index (κ2) is 9.47. The van der Waals surface area contributed by atoms with Crippen LogP contribution >= 0.6 is 23.1 Å². The number of thiazole rings is 1. The van der Waals surface area contributed by atoms with E-state index < -0.39 is 5.54 Å². The molecule has 7 nitrogen and oxygen atoms in total. The molecule has 3 aromatic rings. The quantitative estimate of drug-likeness (QED) is 0.334. The van der Waals surface area contributed by atoms with Gasteiger partial charge in [0.15, 0.2) is 21.8 Å². The van der Waals surface area contributed by atoms with Crippen molar-refractivity contribution in [1.29, 1.82) is 0 Å². The average Bonchev–Trinajstić information content (AvgIpc) is 3.41. The highest BCUT2D eigenvalue weighted by Gasteiger charge is 2.22. The SMILES string of the molecule is CC(C)(CO)Nc1nc(SCc2ccccc2)nc2nc(NCC3CCCO3)sc12. The molecule has 1 atom stereocenters. The van der Waals surface area contributed by atoms with Gasteiger partial charge in [0.25, 0.3) is 0 Å². The van der Waals surface area contributed by atoms with Gasteiger partial charge in [-0.3, -0.25) is 0 Å². The lowest BCUT2D eigenvalue weighted by molar-refractivity contribution is 0.120. The molecule has 9 heteroatoms. The normalized spacial score (nSPS) is 16.8. The monoisotopic (exact) mass is 445 g/mol. The van der Waals surface area contributed by atoms with Crippen LogP contribution in [-0.2, 0) is 10.5 Å². The first kappa shape index (κ1) is 21.3. The second-order valence-electron chi connectivity index (χ2n) is 7.98. The highest BCUT2D eigenvalue weighted by atomic mass is 32.2. The lowest BCUT2D eigenvalue weighted by Gasteiger charge is -2.24. The number of fused-ring (bicyclic) bond motifs is 1. The summed E-state index contributed by atoms with van der Waals surface area (Å²) in [7, 11) is 0. The molecule has 3 heterocycles. The fourth-order valence-electron chi connectivity index (χ4n) is 3.12. The first-order valence-electron chi connectivity index (χ1n) is 10.1. The van der Waals surface area contributed by atoms with Crippen LogP contribution in [0.2, 0.25) is 0 Å². The maximum atomic E-state index is 9.71. The van der Waals surface area contributed by atoms with Crippen molar-refractivity contribution >= 4 is 44.4 Å². The lowest BCUT2D eigenvalue weighted by atomic mass is 10.1. The Hall–Kier alpha value is -1.94. The minimum absolute atomic E-state index is 0.00603. The van der Waals surface area contributed by atoms with Gasteiger partial charge in [0.05, 0.1) is 18.2 Å². The molecule has 0 saturated carbocycles. The zero-order chi connectivity index (χ0) is 21.0. The Morgan fingerprint density at radius 2 is 2.07 bits per heavy atom. The van der Waals surface area contributed by atoms with Gasteiger partial charge in [0.2, 0.25) is 0 Å². The molecule has 1 aliphatic rings. The molecule has 0 spiro atoms.